The SMILES string of the molecule is CCCCCCC(CC(C)CC)C1CC1C. The van der Waals surface area contributed by atoms with E-state index in [0.717, 1.165) is 23.7 Å². The molecule has 0 aromatic heterocycles. The lowest BCUT2D eigenvalue weighted by atomic mass is 9.86. The topological polar surface area (TPSA) is 0 Å². The summed E-state index contributed by atoms with van der Waals surface area (Å²) in [7, 11) is 0. The van der Waals surface area contributed by atoms with Crippen molar-refractivity contribution in [2.75, 3.05) is 0 Å². The average molecular weight is 224 g/mol. The highest BCUT2D eigenvalue weighted by molar-refractivity contribution is 4.88. The van der Waals surface area contributed by atoms with Gasteiger partial charge < -0.3 is 0 Å². The second-order valence-electron chi connectivity index (χ2n) is 6.24. The van der Waals surface area contributed by atoms with E-state index in [0.29, 0.717) is 0 Å². The van der Waals surface area contributed by atoms with Crippen LogP contribution in [-0.2, 0) is 0 Å². The van der Waals surface area contributed by atoms with E-state index in [2.05, 4.69) is 27.7 Å². The molecule has 0 radical (unpaired) electrons. The molecule has 1 fully saturated rings. The van der Waals surface area contributed by atoms with Gasteiger partial charge in [-0.2, -0.15) is 0 Å². The van der Waals surface area contributed by atoms with Gasteiger partial charge in [-0.15, -0.1) is 0 Å². The average Bonchev–Trinajstić information content (AvgIpc) is 2.99. The minimum absolute atomic E-state index is 0.948. The van der Waals surface area contributed by atoms with Crippen LogP contribution < -0.4 is 0 Å². The summed E-state index contributed by atoms with van der Waals surface area (Å²) in [5, 5.41) is 0. The molecule has 0 nitrogen and oxygen atoms in total. The van der Waals surface area contributed by atoms with Gasteiger partial charge in [0.15, 0.2) is 0 Å². The summed E-state index contributed by atoms with van der Waals surface area (Å²) in [5.74, 6) is 4.14. The Morgan fingerprint density at radius 3 is 2.31 bits per heavy atom. The third-order valence-electron chi connectivity index (χ3n) is 4.61. The summed E-state index contributed by atoms with van der Waals surface area (Å²) in [6, 6.07) is 0. The normalized spacial score (nSPS) is 27.8. The molecule has 1 aliphatic rings. The molecule has 0 amide bonds. The van der Waals surface area contributed by atoms with Crippen LogP contribution in [0.2, 0.25) is 0 Å². The van der Waals surface area contributed by atoms with Crippen LogP contribution in [-0.4, -0.2) is 0 Å². The Morgan fingerprint density at radius 2 is 1.81 bits per heavy atom. The van der Waals surface area contributed by atoms with Crippen molar-refractivity contribution in [1.82, 2.24) is 0 Å². The predicted molar refractivity (Wildman–Crippen MR) is 73.6 cm³/mol. The highest BCUT2D eigenvalue weighted by Gasteiger charge is 2.38. The van der Waals surface area contributed by atoms with Crippen molar-refractivity contribution in [2.45, 2.75) is 79.1 Å². The summed E-state index contributed by atoms with van der Waals surface area (Å²) in [6.45, 7) is 9.53. The van der Waals surface area contributed by atoms with E-state index in [1.54, 1.807) is 0 Å². The van der Waals surface area contributed by atoms with Crippen LogP contribution in [0.1, 0.15) is 79.1 Å². The van der Waals surface area contributed by atoms with E-state index >= 15 is 0 Å². The van der Waals surface area contributed by atoms with Crippen LogP contribution in [0.4, 0.5) is 0 Å². The fourth-order valence-electron chi connectivity index (χ4n) is 3.03. The second kappa shape index (κ2) is 7.35. The molecule has 0 N–H and O–H groups in total. The maximum atomic E-state index is 2.44. The fraction of sp³-hybridized carbons (Fsp3) is 1.00. The first-order valence-electron chi connectivity index (χ1n) is 7.69. The zero-order chi connectivity index (χ0) is 12.0. The van der Waals surface area contributed by atoms with Gasteiger partial charge >= 0.3 is 0 Å². The molecular weight excluding hydrogens is 192 g/mol. The Hall–Kier alpha value is 0. The van der Waals surface area contributed by atoms with Crippen molar-refractivity contribution < 1.29 is 0 Å². The van der Waals surface area contributed by atoms with Crippen LogP contribution in [0.3, 0.4) is 0 Å². The molecule has 16 heavy (non-hydrogen) atoms. The molecule has 4 atom stereocenters. The Bertz CT molecular complexity index is 173. The lowest BCUT2D eigenvalue weighted by molar-refractivity contribution is 0.309. The number of unbranched alkanes of at least 4 members (excludes halogenated alkanes) is 3. The smallest absolute Gasteiger partial charge is 0.0357 e. The molecule has 0 bridgehead atoms. The van der Waals surface area contributed by atoms with Crippen molar-refractivity contribution in [1.29, 1.82) is 0 Å². The standard InChI is InChI=1S/C16H32/c1-5-7-8-9-10-15(11-13(3)6-2)16-12-14(16)4/h13-16H,5-12H2,1-4H3. The van der Waals surface area contributed by atoms with Gasteiger partial charge in [-0.1, -0.05) is 66.2 Å². The van der Waals surface area contributed by atoms with Crippen molar-refractivity contribution in [3.8, 4) is 0 Å². The van der Waals surface area contributed by atoms with Gasteiger partial charge in [-0.3, -0.25) is 0 Å². The molecule has 1 rings (SSSR count). The van der Waals surface area contributed by atoms with Gasteiger partial charge in [0.1, 0.15) is 0 Å². The van der Waals surface area contributed by atoms with Crippen molar-refractivity contribution in [2.24, 2.45) is 23.7 Å². The maximum Gasteiger partial charge on any atom is -0.0357 e. The summed E-state index contributed by atoms with van der Waals surface area (Å²) < 4.78 is 0. The fourth-order valence-corrected chi connectivity index (χ4v) is 3.03. The molecule has 0 heterocycles. The molecule has 0 heteroatoms. The summed E-state index contributed by atoms with van der Waals surface area (Å²) in [6.07, 6.45) is 11.7. The zero-order valence-electron chi connectivity index (χ0n) is 12.0. The molecule has 0 aromatic rings. The van der Waals surface area contributed by atoms with Gasteiger partial charge in [0.25, 0.3) is 0 Å². The molecule has 96 valence electrons. The van der Waals surface area contributed by atoms with Crippen LogP contribution in [0, 0.1) is 23.7 Å². The predicted octanol–water partition coefficient (Wildman–Crippen LogP) is 5.67. The van der Waals surface area contributed by atoms with E-state index in [4.69, 9.17) is 0 Å². The van der Waals surface area contributed by atoms with Crippen LogP contribution in [0.15, 0.2) is 0 Å². The largest absolute Gasteiger partial charge is 0.0654 e. The van der Waals surface area contributed by atoms with Crippen molar-refractivity contribution >= 4 is 0 Å². The second-order valence-corrected chi connectivity index (χ2v) is 6.24. The number of rotatable bonds is 9. The lowest BCUT2D eigenvalue weighted by Gasteiger charge is -2.20. The third kappa shape index (κ3) is 4.89. The van der Waals surface area contributed by atoms with Gasteiger partial charge in [-0.05, 0) is 36.5 Å². The van der Waals surface area contributed by atoms with Crippen LogP contribution in [0.25, 0.3) is 0 Å². The molecule has 4 unspecified atom stereocenters. The van der Waals surface area contributed by atoms with Crippen molar-refractivity contribution in [3.63, 3.8) is 0 Å². The molecule has 0 aromatic carbocycles. The monoisotopic (exact) mass is 224 g/mol. The Morgan fingerprint density at radius 1 is 1.12 bits per heavy atom. The molecule has 0 spiro atoms. The maximum absolute atomic E-state index is 2.44. The Labute approximate surface area is 103 Å². The van der Waals surface area contributed by atoms with Gasteiger partial charge in [0.2, 0.25) is 0 Å². The summed E-state index contributed by atoms with van der Waals surface area (Å²) in [4.78, 5) is 0. The molecular formula is C16H32. The molecule has 0 saturated heterocycles. The highest BCUT2D eigenvalue weighted by atomic mass is 14.4. The zero-order valence-corrected chi connectivity index (χ0v) is 12.0. The highest BCUT2D eigenvalue weighted by Crippen LogP contribution is 2.48. The van der Waals surface area contributed by atoms with E-state index in [9.17, 15) is 0 Å². The molecule has 0 aliphatic heterocycles. The molecule has 1 aliphatic carbocycles. The van der Waals surface area contributed by atoms with E-state index < -0.39 is 0 Å². The first kappa shape index (κ1) is 14.1. The van der Waals surface area contributed by atoms with Gasteiger partial charge in [-0.25, -0.2) is 0 Å². The van der Waals surface area contributed by atoms with E-state index in [1.807, 2.05) is 0 Å². The third-order valence-corrected chi connectivity index (χ3v) is 4.61. The van der Waals surface area contributed by atoms with Crippen LogP contribution in [0.5, 0.6) is 0 Å². The first-order valence-corrected chi connectivity index (χ1v) is 7.69. The Kier molecular flexibility index (Phi) is 6.46. The lowest BCUT2D eigenvalue weighted by Crippen LogP contribution is -2.09. The first-order chi connectivity index (χ1) is 7.69. The van der Waals surface area contributed by atoms with E-state index in [1.165, 1.54) is 51.4 Å². The quantitative estimate of drug-likeness (QED) is 0.443. The Balaban J connectivity index is 2.22. The number of hydrogen-bond acceptors (Lipinski definition) is 0. The van der Waals surface area contributed by atoms with Crippen molar-refractivity contribution in [3.05, 3.63) is 0 Å². The summed E-state index contributed by atoms with van der Waals surface area (Å²) >= 11 is 0. The van der Waals surface area contributed by atoms with E-state index in [-0.39, 0.29) is 0 Å². The van der Waals surface area contributed by atoms with Gasteiger partial charge in [0, 0.05) is 0 Å². The van der Waals surface area contributed by atoms with Crippen LogP contribution >= 0.6 is 0 Å². The number of hydrogen-bond donors (Lipinski definition) is 0. The minimum atomic E-state index is 0.948. The van der Waals surface area contributed by atoms with Gasteiger partial charge in [0.05, 0.1) is 0 Å². The summed E-state index contributed by atoms with van der Waals surface area (Å²) in [5.41, 5.74) is 0. The minimum Gasteiger partial charge on any atom is -0.0654 e. The molecule has 1 saturated carbocycles.